The van der Waals surface area contributed by atoms with Gasteiger partial charge in [-0.3, -0.25) is 0 Å². The predicted octanol–water partition coefficient (Wildman–Crippen LogP) is 7.05. The number of aromatic amines is 1. The third-order valence-electron chi connectivity index (χ3n) is 6.20. The van der Waals surface area contributed by atoms with Gasteiger partial charge in [-0.2, -0.15) is 0 Å². The molecule has 0 amide bonds. The average molecular weight is 468 g/mol. The number of methoxy groups -OCH3 is 1. The largest absolute Gasteiger partial charge is 0.508 e. The van der Waals surface area contributed by atoms with E-state index < -0.39 is 0 Å². The number of aromatic nitrogens is 2. The normalized spacial score (nSPS) is 12.0. The Balaban J connectivity index is 1.69. The molecule has 0 spiro atoms. The van der Waals surface area contributed by atoms with E-state index in [2.05, 4.69) is 11.9 Å². The molecule has 0 unspecified atom stereocenters. The Morgan fingerprint density at radius 1 is 1.00 bits per heavy atom. The number of para-hydroxylation sites is 4. The zero-order chi connectivity index (χ0) is 24.2. The van der Waals surface area contributed by atoms with Crippen molar-refractivity contribution < 1.29 is 14.3 Å². The molecule has 35 heavy (non-hydrogen) atoms. The van der Waals surface area contributed by atoms with Crippen LogP contribution in [-0.4, -0.2) is 22.2 Å². The molecule has 0 aliphatic rings. The lowest BCUT2D eigenvalue weighted by Gasteiger charge is -2.09. The fraction of sp³-hybridized carbons (Fsp3) is 0.241. The number of benzene rings is 3. The van der Waals surface area contributed by atoms with Gasteiger partial charge in [0.05, 0.1) is 23.7 Å². The number of nitrogens with zero attached hydrogens (tertiary/aromatic N) is 2. The zero-order valence-electron chi connectivity index (χ0n) is 20.0. The number of ether oxygens (including phenoxy) is 1. The molecule has 6 nitrogen and oxygen atoms in total. The molecule has 2 aromatic heterocycles. The first-order valence-electron chi connectivity index (χ1n) is 12.1. The number of nitrogens with one attached hydrogen (secondary N) is 1. The van der Waals surface area contributed by atoms with Crippen molar-refractivity contribution in [2.45, 2.75) is 39.0 Å². The van der Waals surface area contributed by atoms with Crippen LogP contribution in [0, 0.1) is 0 Å². The third kappa shape index (κ3) is 4.78. The summed E-state index contributed by atoms with van der Waals surface area (Å²) >= 11 is 0. The summed E-state index contributed by atoms with van der Waals surface area (Å²) in [5.74, 6) is 1.56. The molecule has 0 atom stereocenters. The summed E-state index contributed by atoms with van der Waals surface area (Å²) in [5, 5.41) is 11.6. The second-order valence-corrected chi connectivity index (χ2v) is 8.68. The first-order valence-corrected chi connectivity index (χ1v) is 12.1. The summed E-state index contributed by atoms with van der Waals surface area (Å²) in [6, 6.07) is 21.2. The summed E-state index contributed by atoms with van der Waals surface area (Å²) in [4.78, 5) is 13.0. The second-order valence-electron chi connectivity index (χ2n) is 8.68. The van der Waals surface area contributed by atoms with Gasteiger partial charge in [0, 0.05) is 11.5 Å². The van der Waals surface area contributed by atoms with Crippen LogP contribution in [0.25, 0.3) is 33.4 Å². The maximum Gasteiger partial charge on any atom is 0.231 e. The number of aromatic hydroxyl groups is 1. The first-order chi connectivity index (χ1) is 17.2. The number of aryl methyl sites for hydroxylation is 1. The van der Waals surface area contributed by atoms with Crippen molar-refractivity contribution in [3.63, 3.8) is 0 Å². The van der Waals surface area contributed by atoms with Crippen LogP contribution in [0.3, 0.4) is 0 Å². The van der Waals surface area contributed by atoms with Crippen molar-refractivity contribution in [1.29, 1.82) is 0 Å². The van der Waals surface area contributed by atoms with E-state index in [4.69, 9.17) is 19.1 Å². The Labute approximate surface area is 204 Å². The number of unbranched alkanes of at least 4 members (excludes halogenated alkanes) is 3. The maximum absolute atomic E-state index is 10.7. The number of phenolic OH excluding ortho intramolecular Hbond substituents is 1. The van der Waals surface area contributed by atoms with Crippen LogP contribution in [-0.2, 0) is 6.42 Å². The minimum absolute atomic E-state index is 0.248. The Morgan fingerprint density at radius 3 is 2.66 bits per heavy atom. The Hall–Kier alpha value is -4.06. The van der Waals surface area contributed by atoms with Gasteiger partial charge in [-0.05, 0) is 54.8 Å². The number of H-pyrrole nitrogens is 1. The van der Waals surface area contributed by atoms with Crippen LogP contribution in [0.4, 0.5) is 5.69 Å². The highest BCUT2D eigenvalue weighted by atomic mass is 16.5. The third-order valence-corrected chi connectivity index (χ3v) is 6.20. The highest BCUT2D eigenvalue weighted by Gasteiger charge is 2.14. The van der Waals surface area contributed by atoms with E-state index in [0.717, 1.165) is 46.8 Å². The number of imidazole rings is 1. The molecule has 2 N–H and O–H groups in total. The maximum atomic E-state index is 10.7. The van der Waals surface area contributed by atoms with Gasteiger partial charge in [-0.15, -0.1) is 0 Å². The van der Waals surface area contributed by atoms with Gasteiger partial charge in [-0.25, -0.2) is 9.98 Å². The lowest BCUT2D eigenvalue weighted by Crippen LogP contribution is -2.07. The summed E-state index contributed by atoms with van der Waals surface area (Å²) in [6.07, 6.45) is 5.41. The fourth-order valence-electron chi connectivity index (χ4n) is 4.32. The molecule has 3 aromatic carbocycles. The summed E-state index contributed by atoms with van der Waals surface area (Å²) in [5.41, 5.74) is 5.06. The monoisotopic (exact) mass is 467 g/mol. The van der Waals surface area contributed by atoms with Crippen LogP contribution in [0.1, 0.15) is 38.2 Å². The van der Waals surface area contributed by atoms with Gasteiger partial charge in [0.1, 0.15) is 28.6 Å². The fourth-order valence-corrected chi connectivity index (χ4v) is 4.32. The SMILES string of the molecule is CCCCCCc1cc2cc(-c3nc4ccccc4[nH]3)c(=Nc3ccccc3OC)oc2cc1O. The van der Waals surface area contributed by atoms with Crippen molar-refractivity contribution in [2.75, 3.05) is 7.11 Å². The number of phenols is 1. The summed E-state index contributed by atoms with van der Waals surface area (Å²) in [6.45, 7) is 2.20. The molecule has 2 heterocycles. The lowest BCUT2D eigenvalue weighted by molar-refractivity contribution is 0.415. The second kappa shape index (κ2) is 10.1. The van der Waals surface area contributed by atoms with E-state index in [1.54, 1.807) is 13.2 Å². The molecule has 0 aliphatic heterocycles. The molecule has 0 fully saturated rings. The Morgan fingerprint density at radius 2 is 1.83 bits per heavy atom. The Kier molecular flexibility index (Phi) is 6.53. The minimum atomic E-state index is 0.248. The van der Waals surface area contributed by atoms with E-state index >= 15 is 0 Å². The van der Waals surface area contributed by atoms with Gasteiger partial charge in [-0.1, -0.05) is 50.5 Å². The van der Waals surface area contributed by atoms with E-state index in [1.165, 1.54) is 12.8 Å². The van der Waals surface area contributed by atoms with Crippen molar-refractivity contribution in [1.82, 2.24) is 9.97 Å². The molecule has 5 rings (SSSR count). The standard InChI is InChI=1S/C29H29N3O3/c1-3-4-5-6-11-19-16-20-17-21(28-30-22-12-7-8-13-23(22)31-28)29(35-27(20)18-25(19)33)32-24-14-9-10-15-26(24)34-2/h7-10,12-18,33H,3-6,11H2,1-2H3,(H,30,31). The van der Waals surface area contributed by atoms with Crippen LogP contribution in [0.5, 0.6) is 11.5 Å². The van der Waals surface area contributed by atoms with E-state index in [9.17, 15) is 5.11 Å². The van der Waals surface area contributed by atoms with Crippen LogP contribution < -0.4 is 10.3 Å². The van der Waals surface area contributed by atoms with Crippen molar-refractivity contribution in [3.8, 4) is 22.9 Å². The van der Waals surface area contributed by atoms with Gasteiger partial charge >= 0.3 is 0 Å². The number of hydrogen-bond acceptors (Lipinski definition) is 5. The van der Waals surface area contributed by atoms with Crippen molar-refractivity contribution in [2.24, 2.45) is 4.99 Å². The highest BCUT2D eigenvalue weighted by molar-refractivity contribution is 5.85. The molecular weight excluding hydrogens is 438 g/mol. The van der Waals surface area contributed by atoms with Gasteiger partial charge < -0.3 is 19.2 Å². The van der Waals surface area contributed by atoms with E-state index in [-0.39, 0.29) is 5.75 Å². The molecule has 0 saturated heterocycles. The molecule has 178 valence electrons. The summed E-state index contributed by atoms with van der Waals surface area (Å²) < 4.78 is 11.8. The summed E-state index contributed by atoms with van der Waals surface area (Å²) in [7, 11) is 1.62. The topological polar surface area (TPSA) is 83.6 Å². The highest BCUT2D eigenvalue weighted by Crippen LogP contribution is 2.30. The molecule has 5 aromatic rings. The molecule has 0 aliphatic carbocycles. The molecule has 6 heteroatoms. The van der Waals surface area contributed by atoms with Gasteiger partial charge in [0.25, 0.3) is 0 Å². The number of rotatable bonds is 8. The van der Waals surface area contributed by atoms with Crippen molar-refractivity contribution >= 4 is 27.7 Å². The zero-order valence-corrected chi connectivity index (χ0v) is 20.0. The van der Waals surface area contributed by atoms with Crippen molar-refractivity contribution in [3.05, 3.63) is 77.8 Å². The minimum Gasteiger partial charge on any atom is -0.508 e. The van der Waals surface area contributed by atoms with Crippen LogP contribution in [0.2, 0.25) is 0 Å². The average Bonchev–Trinajstić information content (AvgIpc) is 3.31. The van der Waals surface area contributed by atoms with Crippen LogP contribution in [0.15, 0.2) is 76.1 Å². The first kappa shape index (κ1) is 22.7. The smallest absolute Gasteiger partial charge is 0.231 e. The van der Waals surface area contributed by atoms with E-state index in [0.29, 0.717) is 28.4 Å². The molecule has 0 radical (unpaired) electrons. The molecule has 0 saturated carbocycles. The number of fused-ring (bicyclic) bond motifs is 2. The number of hydrogen-bond donors (Lipinski definition) is 2. The van der Waals surface area contributed by atoms with Crippen LogP contribution >= 0.6 is 0 Å². The molecule has 0 bridgehead atoms. The predicted molar refractivity (Wildman–Crippen MR) is 139 cm³/mol. The van der Waals surface area contributed by atoms with E-state index in [1.807, 2.05) is 60.7 Å². The molecular formula is C29H29N3O3. The van der Waals surface area contributed by atoms with Gasteiger partial charge in [0.15, 0.2) is 0 Å². The lowest BCUT2D eigenvalue weighted by atomic mass is 10.0. The Bertz CT molecular complexity index is 1520. The van der Waals surface area contributed by atoms with Gasteiger partial charge in [0.2, 0.25) is 5.55 Å². The quantitative estimate of drug-likeness (QED) is 0.240.